The minimum atomic E-state index is 0.232. The number of nitrogens with one attached hydrogen (secondary N) is 2. The van der Waals surface area contributed by atoms with Gasteiger partial charge in [-0.05, 0) is 42.0 Å². The van der Waals surface area contributed by atoms with E-state index in [1.807, 2.05) is 68.7 Å². The van der Waals surface area contributed by atoms with Crippen LogP contribution in [-0.2, 0) is 16.0 Å². The first-order chi connectivity index (χ1) is 17.2. The number of anilines is 4. The number of pyridine rings is 1. The Bertz CT molecular complexity index is 1290. The smallest absolute Gasteiger partial charge is 0.229 e. The second-order valence-corrected chi connectivity index (χ2v) is 8.32. The number of ether oxygens (including phenoxy) is 2. The molecule has 2 aromatic heterocycles. The molecular formula is C26H27N7O2. The van der Waals surface area contributed by atoms with Crippen LogP contribution in [0.25, 0.3) is 11.4 Å². The number of nitrogens with zero attached hydrogens (tertiary/aromatic N) is 5. The lowest BCUT2D eigenvalue weighted by molar-refractivity contribution is 0.0797. The number of hydrogen-bond donors (Lipinski definition) is 2. The van der Waals surface area contributed by atoms with Crippen LogP contribution < -0.4 is 15.1 Å². The number of rotatable bonds is 9. The Morgan fingerprint density at radius 2 is 1.77 bits per heavy atom. The third-order valence-corrected chi connectivity index (χ3v) is 5.56. The molecule has 0 fully saturated rings. The lowest BCUT2D eigenvalue weighted by atomic mass is 10.1. The molecule has 1 aliphatic rings. The molecule has 4 aromatic rings. The van der Waals surface area contributed by atoms with Crippen LogP contribution in [0.5, 0.6) is 0 Å². The molecule has 0 bridgehead atoms. The highest BCUT2D eigenvalue weighted by atomic mass is 16.7. The van der Waals surface area contributed by atoms with E-state index in [1.54, 1.807) is 12.5 Å². The van der Waals surface area contributed by atoms with Gasteiger partial charge < -0.3 is 29.6 Å². The number of H-pyrrole nitrogens is 1. The molecule has 0 saturated heterocycles. The Balaban J connectivity index is 1.41. The highest BCUT2D eigenvalue weighted by Gasteiger charge is 2.20. The van der Waals surface area contributed by atoms with Crippen LogP contribution in [0, 0.1) is 0 Å². The third-order valence-electron chi connectivity index (χ3n) is 5.56. The first-order valence-corrected chi connectivity index (χ1v) is 11.3. The lowest BCUT2D eigenvalue weighted by Gasteiger charge is -2.25. The van der Waals surface area contributed by atoms with Gasteiger partial charge >= 0.3 is 0 Å². The van der Waals surface area contributed by atoms with Gasteiger partial charge in [0.15, 0.2) is 11.6 Å². The second-order valence-electron chi connectivity index (χ2n) is 8.32. The van der Waals surface area contributed by atoms with Crippen LogP contribution in [0.15, 0.2) is 84.9 Å². The fraction of sp³-hybridized carbons (Fsp3) is 0.192. The van der Waals surface area contributed by atoms with Crippen molar-refractivity contribution >= 4 is 23.1 Å². The Morgan fingerprint density at radius 1 is 0.943 bits per heavy atom. The molecule has 5 rings (SSSR count). The molecule has 178 valence electrons. The van der Waals surface area contributed by atoms with Gasteiger partial charge in [-0.15, -0.1) is 10.2 Å². The molecule has 0 radical (unpaired) electrons. The van der Waals surface area contributed by atoms with Crippen molar-refractivity contribution in [2.45, 2.75) is 6.54 Å². The van der Waals surface area contributed by atoms with Crippen LogP contribution in [0.2, 0.25) is 0 Å². The van der Waals surface area contributed by atoms with Crippen molar-refractivity contribution in [1.29, 1.82) is 0 Å². The van der Waals surface area contributed by atoms with Gasteiger partial charge in [-0.3, -0.25) is 0 Å². The van der Waals surface area contributed by atoms with Crippen LogP contribution in [0.4, 0.5) is 23.1 Å². The van der Waals surface area contributed by atoms with Crippen LogP contribution in [0.3, 0.4) is 0 Å². The molecule has 0 saturated carbocycles. The summed E-state index contributed by atoms with van der Waals surface area (Å²) in [6.45, 7) is 1.38. The molecule has 2 aromatic carbocycles. The van der Waals surface area contributed by atoms with E-state index in [1.165, 1.54) is 0 Å². The SMILES string of the molecule is CN(C)c1ccc(Nc2nnc(-c3cccnc3N(CC3=COCO3)Cc3ccccc3)[nH]2)cc1. The van der Waals surface area contributed by atoms with Gasteiger partial charge in [-0.1, -0.05) is 30.3 Å². The van der Waals surface area contributed by atoms with Crippen molar-refractivity contribution in [2.24, 2.45) is 0 Å². The number of aromatic nitrogens is 4. The van der Waals surface area contributed by atoms with Crippen molar-refractivity contribution in [3.8, 4) is 11.4 Å². The van der Waals surface area contributed by atoms with Crippen molar-refractivity contribution in [3.05, 3.63) is 90.5 Å². The number of aromatic amines is 1. The molecule has 3 heterocycles. The summed E-state index contributed by atoms with van der Waals surface area (Å²) in [4.78, 5) is 12.2. The standard InChI is InChI=1S/C26H27N7O2/c1-32(2)21-12-10-20(11-13-21)28-26-29-24(30-31-26)23-9-6-14-27-25(23)33(16-22-17-34-18-35-22)15-19-7-4-3-5-8-19/h3-14,17H,15-16,18H2,1-2H3,(H2,28,29,30,31). The molecule has 2 N–H and O–H groups in total. The maximum absolute atomic E-state index is 5.60. The molecule has 9 heteroatoms. The third kappa shape index (κ3) is 5.35. The van der Waals surface area contributed by atoms with Crippen molar-refractivity contribution in [1.82, 2.24) is 20.2 Å². The maximum atomic E-state index is 5.60. The van der Waals surface area contributed by atoms with Crippen molar-refractivity contribution in [2.75, 3.05) is 42.5 Å². The van der Waals surface area contributed by atoms with E-state index in [-0.39, 0.29) is 6.79 Å². The van der Waals surface area contributed by atoms with Gasteiger partial charge in [-0.2, -0.15) is 0 Å². The summed E-state index contributed by atoms with van der Waals surface area (Å²) in [6, 6.07) is 22.2. The summed E-state index contributed by atoms with van der Waals surface area (Å²) >= 11 is 0. The average Bonchev–Trinajstić information content (AvgIpc) is 3.57. The Morgan fingerprint density at radius 3 is 2.51 bits per heavy atom. The Kier molecular flexibility index (Phi) is 6.47. The normalized spacial score (nSPS) is 12.5. The molecule has 0 spiro atoms. The first-order valence-electron chi connectivity index (χ1n) is 11.3. The Labute approximate surface area is 204 Å². The summed E-state index contributed by atoms with van der Waals surface area (Å²) in [5.74, 6) is 2.69. The molecular weight excluding hydrogens is 442 g/mol. The van der Waals surface area contributed by atoms with Crippen molar-refractivity contribution < 1.29 is 9.47 Å². The van der Waals surface area contributed by atoms with Gasteiger partial charge in [0.25, 0.3) is 0 Å². The van der Waals surface area contributed by atoms with Gasteiger partial charge in [0.2, 0.25) is 12.7 Å². The van der Waals surface area contributed by atoms with E-state index in [0.717, 1.165) is 34.1 Å². The zero-order valence-corrected chi connectivity index (χ0v) is 19.7. The predicted molar refractivity (Wildman–Crippen MR) is 136 cm³/mol. The molecule has 0 aliphatic carbocycles. The minimum Gasteiger partial charge on any atom is -0.462 e. The average molecular weight is 470 g/mol. The first kappa shape index (κ1) is 22.3. The highest BCUT2D eigenvalue weighted by molar-refractivity contribution is 5.72. The monoisotopic (exact) mass is 469 g/mol. The van der Waals surface area contributed by atoms with E-state index in [2.05, 4.69) is 42.4 Å². The zero-order valence-electron chi connectivity index (χ0n) is 19.7. The zero-order chi connectivity index (χ0) is 24.0. The van der Waals surface area contributed by atoms with E-state index < -0.39 is 0 Å². The predicted octanol–water partition coefficient (Wildman–Crippen LogP) is 4.53. The molecule has 0 unspecified atom stereocenters. The largest absolute Gasteiger partial charge is 0.462 e. The fourth-order valence-corrected chi connectivity index (χ4v) is 3.80. The summed E-state index contributed by atoms with van der Waals surface area (Å²) in [7, 11) is 4.03. The maximum Gasteiger partial charge on any atom is 0.229 e. The van der Waals surface area contributed by atoms with E-state index in [4.69, 9.17) is 14.5 Å². The van der Waals surface area contributed by atoms with Crippen molar-refractivity contribution in [3.63, 3.8) is 0 Å². The van der Waals surface area contributed by atoms with Gasteiger partial charge in [0.05, 0.1) is 12.1 Å². The second kappa shape index (κ2) is 10.2. The van der Waals surface area contributed by atoms with Gasteiger partial charge in [0, 0.05) is 38.2 Å². The topological polar surface area (TPSA) is 91.4 Å². The number of hydrogen-bond acceptors (Lipinski definition) is 8. The van der Waals surface area contributed by atoms with Gasteiger partial charge in [0.1, 0.15) is 12.1 Å². The molecule has 0 atom stereocenters. The quantitative estimate of drug-likeness (QED) is 0.370. The van der Waals surface area contributed by atoms with Crippen LogP contribution >= 0.6 is 0 Å². The summed E-state index contributed by atoms with van der Waals surface area (Å²) in [5, 5.41) is 12.0. The number of benzene rings is 2. The summed E-state index contributed by atoms with van der Waals surface area (Å²) in [6.07, 6.45) is 3.43. The minimum absolute atomic E-state index is 0.232. The lowest BCUT2D eigenvalue weighted by Crippen LogP contribution is -2.27. The fourth-order valence-electron chi connectivity index (χ4n) is 3.80. The van der Waals surface area contributed by atoms with E-state index in [0.29, 0.717) is 24.9 Å². The van der Waals surface area contributed by atoms with E-state index in [9.17, 15) is 0 Å². The summed E-state index contributed by atoms with van der Waals surface area (Å²) in [5.41, 5.74) is 4.04. The highest BCUT2D eigenvalue weighted by Crippen LogP contribution is 2.29. The van der Waals surface area contributed by atoms with Crippen LogP contribution in [-0.4, -0.2) is 47.6 Å². The molecule has 1 aliphatic heterocycles. The summed E-state index contributed by atoms with van der Waals surface area (Å²) < 4.78 is 10.9. The Hall–Kier alpha value is -4.53. The van der Waals surface area contributed by atoms with Gasteiger partial charge in [-0.25, -0.2) is 4.98 Å². The van der Waals surface area contributed by atoms with Crippen LogP contribution in [0.1, 0.15) is 5.56 Å². The van der Waals surface area contributed by atoms with E-state index >= 15 is 0 Å². The molecule has 35 heavy (non-hydrogen) atoms. The molecule has 9 nitrogen and oxygen atoms in total. The molecule has 0 amide bonds.